The van der Waals surface area contributed by atoms with E-state index in [-0.39, 0.29) is 24.4 Å². The second kappa shape index (κ2) is 6.38. The van der Waals surface area contributed by atoms with E-state index in [0.29, 0.717) is 0 Å². The van der Waals surface area contributed by atoms with Crippen LogP contribution in [-0.4, -0.2) is 41.0 Å². The largest absolute Gasteiger partial charge is 0.478 e. The maximum absolute atomic E-state index is 12.1. The molecule has 0 aliphatic carbocycles. The van der Waals surface area contributed by atoms with Crippen LogP contribution in [0.15, 0.2) is 24.3 Å². The lowest BCUT2D eigenvalue weighted by molar-refractivity contribution is 0.0573. The second-order valence-electron chi connectivity index (χ2n) is 5.18. The molecular weight excluding hydrogens is 262 g/mol. The smallest absolute Gasteiger partial charge is 0.414 e. The number of amides is 1. The van der Waals surface area contributed by atoms with Crippen molar-refractivity contribution in [3.05, 3.63) is 29.8 Å². The number of carbonyl (C=O) groups excluding carboxylic acids is 1. The van der Waals surface area contributed by atoms with Crippen LogP contribution in [0.4, 0.5) is 10.5 Å². The Balaban J connectivity index is 3.14. The predicted octanol–water partition coefficient (Wildman–Crippen LogP) is 2.12. The van der Waals surface area contributed by atoms with Crippen LogP contribution in [0.2, 0.25) is 0 Å². The Kier molecular flexibility index (Phi) is 5.10. The summed E-state index contributed by atoms with van der Waals surface area (Å²) >= 11 is 0. The highest BCUT2D eigenvalue weighted by molar-refractivity contribution is 5.99. The molecule has 0 unspecified atom stereocenters. The molecule has 0 aliphatic rings. The quantitative estimate of drug-likeness (QED) is 0.882. The Labute approximate surface area is 117 Å². The zero-order valence-electron chi connectivity index (χ0n) is 11.8. The molecule has 6 heteroatoms. The van der Waals surface area contributed by atoms with Crippen LogP contribution < -0.4 is 4.90 Å². The minimum absolute atomic E-state index is 0.0215. The van der Waals surface area contributed by atoms with Crippen molar-refractivity contribution in [2.24, 2.45) is 0 Å². The number of benzene rings is 1. The summed E-state index contributed by atoms with van der Waals surface area (Å²) in [5.74, 6) is -1.15. The van der Waals surface area contributed by atoms with Gasteiger partial charge in [-0.3, -0.25) is 4.90 Å². The Hall–Kier alpha value is -2.08. The molecule has 2 N–H and O–H groups in total. The van der Waals surface area contributed by atoms with Crippen LogP contribution in [0.25, 0.3) is 0 Å². The number of rotatable bonds is 4. The van der Waals surface area contributed by atoms with Gasteiger partial charge < -0.3 is 14.9 Å². The lowest BCUT2D eigenvalue weighted by Gasteiger charge is -2.27. The van der Waals surface area contributed by atoms with Gasteiger partial charge in [-0.1, -0.05) is 12.1 Å². The molecule has 1 amide bonds. The van der Waals surface area contributed by atoms with Gasteiger partial charge in [-0.25, -0.2) is 9.59 Å². The molecule has 6 nitrogen and oxygen atoms in total. The second-order valence-corrected chi connectivity index (χ2v) is 5.18. The summed E-state index contributed by atoms with van der Waals surface area (Å²) in [5, 5.41) is 18.2. The molecule has 0 aromatic heterocycles. The number of aliphatic hydroxyl groups is 1. The zero-order valence-corrected chi connectivity index (χ0v) is 11.8. The molecule has 0 radical (unpaired) electrons. The number of hydrogen-bond donors (Lipinski definition) is 2. The highest BCUT2D eigenvalue weighted by Crippen LogP contribution is 2.22. The van der Waals surface area contributed by atoms with E-state index in [1.807, 2.05) is 0 Å². The normalized spacial score (nSPS) is 11.0. The maximum atomic E-state index is 12.1. The molecule has 0 atom stereocenters. The summed E-state index contributed by atoms with van der Waals surface area (Å²) in [4.78, 5) is 24.4. The lowest BCUT2D eigenvalue weighted by atomic mass is 10.1. The van der Waals surface area contributed by atoms with Gasteiger partial charge in [0.1, 0.15) is 5.60 Å². The summed E-state index contributed by atoms with van der Waals surface area (Å²) in [5.41, 5.74) is -0.529. The number of ether oxygens (including phenoxy) is 1. The van der Waals surface area contributed by atoms with Crippen molar-refractivity contribution in [2.75, 3.05) is 18.1 Å². The van der Waals surface area contributed by atoms with E-state index < -0.39 is 17.7 Å². The Bertz CT molecular complexity index is 493. The van der Waals surface area contributed by atoms with E-state index in [1.165, 1.54) is 12.1 Å². The molecule has 1 aromatic rings. The fourth-order valence-corrected chi connectivity index (χ4v) is 1.62. The van der Waals surface area contributed by atoms with Crippen LogP contribution in [-0.2, 0) is 4.74 Å². The number of aromatic carboxylic acids is 1. The summed E-state index contributed by atoms with van der Waals surface area (Å²) < 4.78 is 5.22. The van der Waals surface area contributed by atoms with Crippen LogP contribution in [0.1, 0.15) is 31.1 Å². The number of nitrogens with zero attached hydrogens (tertiary/aromatic N) is 1. The third-order valence-corrected chi connectivity index (χ3v) is 2.36. The van der Waals surface area contributed by atoms with E-state index in [4.69, 9.17) is 14.9 Å². The average molecular weight is 281 g/mol. The van der Waals surface area contributed by atoms with Crippen molar-refractivity contribution >= 4 is 17.7 Å². The number of hydrogen-bond acceptors (Lipinski definition) is 4. The van der Waals surface area contributed by atoms with Crippen molar-refractivity contribution in [2.45, 2.75) is 26.4 Å². The monoisotopic (exact) mass is 281 g/mol. The molecule has 0 bridgehead atoms. The standard InChI is InChI=1S/C14H19NO5/c1-14(2,3)20-13(19)15(8-9-16)11-7-5-4-6-10(11)12(17)18/h4-7,16H,8-9H2,1-3H3,(H,17,18). The van der Waals surface area contributed by atoms with Gasteiger partial charge in [0.05, 0.1) is 24.4 Å². The van der Waals surface area contributed by atoms with Gasteiger partial charge in [-0.15, -0.1) is 0 Å². The Morgan fingerprint density at radius 1 is 1.25 bits per heavy atom. The highest BCUT2D eigenvalue weighted by atomic mass is 16.6. The van der Waals surface area contributed by atoms with E-state index in [1.54, 1.807) is 32.9 Å². The lowest BCUT2D eigenvalue weighted by Crippen LogP contribution is -2.39. The van der Waals surface area contributed by atoms with Crippen LogP contribution in [0.5, 0.6) is 0 Å². The topological polar surface area (TPSA) is 87.1 Å². The molecular formula is C14H19NO5. The molecule has 1 rings (SSSR count). The fraction of sp³-hybridized carbons (Fsp3) is 0.429. The first-order valence-corrected chi connectivity index (χ1v) is 6.20. The number of anilines is 1. The van der Waals surface area contributed by atoms with Gasteiger partial charge in [0.2, 0.25) is 0 Å². The first-order valence-electron chi connectivity index (χ1n) is 6.20. The molecule has 0 aliphatic heterocycles. The number of carboxylic acids is 1. The molecule has 0 spiro atoms. The Morgan fingerprint density at radius 3 is 2.35 bits per heavy atom. The summed E-state index contributed by atoms with van der Waals surface area (Å²) in [7, 11) is 0. The van der Waals surface area contributed by atoms with Gasteiger partial charge in [0.15, 0.2) is 0 Å². The van der Waals surface area contributed by atoms with Crippen molar-refractivity contribution < 1.29 is 24.5 Å². The van der Waals surface area contributed by atoms with E-state index >= 15 is 0 Å². The van der Waals surface area contributed by atoms with Gasteiger partial charge in [0.25, 0.3) is 0 Å². The van der Waals surface area contributed by atoms with Gasteiger partial charge in [-0.2, -0.15) is 0 Å². The highest BCUT2D eigenvalue weighted by Gasteiger charge is 2.25. The third-order valence-electron chi connectivity index (χ3n) is 2.36. The van der Waals surface area contributed by atoms with Gasteiger partial charge >= 0.3 is 12.1 Å². The summed E-state index contributed by atoms with van der Waals surface area (Å²) in [6, 6.07) is 6.09. The van der Waals surface area contributed by atoms with E-state index in [9.17, 15) is 9.59 Å². The molecule has 20 heavy (non-hydrogen) atoms. The minimum Gasteiger partial charge on any atom is -0.478 e. The minimum atomic E-state index is -1.15. The van der Waals surface area contributed by atoms with Crippen LogP contribution in [0, 0.1) is 0 Å². The first-order chi connectivity index (χ1) is 9.26. The number of para-hydroxylation sites is 1. The van der Waals surface area contributed by atoms with Crippen molar-refractivity contribution in [3.8, 4) is 0 Å². The maximum Gasteiger partial charge on any atom is 0.414 e. The van der Waals surface area contributed by atoms with E-state index in [0.717, 1.165) is 4.90 Å². The molecule has 0 heterocycles. The van der Waals surface area contributed by atoms with E-state index in [2.05, 4.69) is 0 Å². The van der Waals surface area contributed by atoms with Crippen LogP contribution >= 0.6 is 0 Å². The Morgan fingerprint density at radius 2 is 1.85 bits per heavy atom. The zero-order chi connectivity index (χ0) is 15.3. The summed E-state index contributed by atoms with van der Waals surface area (Å²) in [6.45, 7) is 4.80. The first kappa shape index (κ1) is 16.0. The average Bonchev–Trinajstić information content (AvgIpc) is 2.33. The molecule has 110 valence electrons. The molecule has 0 fully saturated rings. The number of aliphatic hydroxyl groups excluding tert-OH is 1. The summed E-state index contributed by atoms with van der Waals surface area (Å²) in [6.07, 6.45) is -0.694. The fourth-order valence-electron chi connectivity index (χ4n) is 1.62. The molecule has 0 saturated heterocycles. The third kappa shape index (κ3) is 4.24. The van der Waals surface area contributed by atoms with Crippen LogP contribution in [0.3, 0.4) is 0 Å². The molecule has 0 saturated carbocycles. The SMILES string of the molecule is CC(C)(C)OC(=O)N(CCO)c1ccccc1C(=O)O. The number of carbonyl (C=O) groups is 2. The van der Waals surface area contributed by atoms with Gasteiger partial charge in [-0.05, 0) is 32.9 Å². The van der Waals surface area contributed by atoms with Crippen molar-refractivity contribution in [1.82, 2.24) is 0 Å². The van der Waals surface area contributed by atoms with Crippen molar-refractivity contribution in [1.29, 1.82) is 0 Å². The predicted molar refractivity (Wildman–Crippen MR) is 74.1 cm³/mol. The van der Waals surface area contributed by atoms with Gasteiger partial charge in [0, 0.05) is 0 Å². The van der Waals surface area contributed by atoms with Crippen molar-refractivity contribution in [3.63, 3.8) is 0 Å². The number of carboxylic acid groups (broad SMARTS) is 1. The molecule has 1 aromatic carbocycles.